The van der Waals surface area contributed by atoms with Gasteiger partial charge in [0.1, 0.15) is 17.7 Å². The molecule has 0 amide bonds. The number of imidazole rings is 1. The Morgan fingerprint density at radius 3 is 2.82 bits per heavy atom. The summed E-state index contributed by atoms with van der Waals surface area (Å²) in [7, 11) is -2.19. The van der Waals surface area contributed by atoms with Crippen molar-refractivity contribution in [3.63, 3.8) is 0 Å². The van der Waals surface area contributed by atoms with Crippen molar-refractivity contribution in [2.45, 2.75) is 12.5 Å². The Bertz CT molecular complexity index is 1170. The van der Waals surface area contributed by atoms with E-state index in [9.17, 15) is 8.42 Å². The summed E-state index contributed by atoms with van der Waals surface area (Å²) in [6.45, 7) is 1.72. The zero-order chi connectivity index (χ0) is 20.1. The van der Waals surface area contributed by atoms with Crippen LogP contribution in [0.2, 0.25) is 5.02 Å². The van der Waals surface area contributed by atoms with Gasteiger partial charge in [0.25, 0.3) is 0 Å². The van der Waals surface area contributed by atoms with Gasteiger partial charge in [-0.05, 0) is 25.1 Å². The Labute approximate surface area is 171 Å². The van der Waals surface area contributed by atoms with E-state index >= 15 is 0 Å². The number of pyridine rings is 1. The molecule has 1 aliphatic rings. The molecule has 0 radical (unpaired) electrons. The van der Waals surface area contributed by atoms with Gasteiger partial charge in [-0.3, -0.25) is 4.57 Å². The van der Waals surface area contributed by atoms with Crippen LogP contribution in [0.4, 0.5) is 0 Å². The fourth-order valence-corrected chi connectivity index (χ4v) is 6.16. The number of halogens is 1. The molecule has 2 N–H and O–H groups in total. The average Bonchev–Trinajstić information content (AvgIpc) is 3.29. The molecule has 1 unspecified atom stereocenters. The summed E-state index contributed by atoms with van der Waals surface area (Å²) in [6, 6.07) is 7.42. The molecule has 0 saturated heterocycles. The lowest BCUT2D eigenvalue weighted by Crippen LogP contribution is -2.50. The minimum atomic E-state index is -3.58. The predicted molar refractivity (Wildman–Crippen MR) is 110 cm³/mol. The van der Waals surface area contributed by atoms with Gasteiger partial charge in [-0.15, -0.1) is 11.3 Å². The van der Waals surface area contributed by atoms with Gasteiger partial charge in [0.15, 0.2) is 0 Å². The van der Waals surface area contributed by atoms with Crippen LogP contribution in [0.25, 0.3) is 16.4 Å². The number of aromatic nitrogens is 3. The van der Waals surface area contributed by atoms with E-state index < -0.39 is 15.6 Å². The van der Waals surface area contributed by atoms with E-state index in [4.69, 9.17) is 17.3 Å². The van der Waals surface area contributed by atoms with Crippen LogP contribution in [0.5, 0.6) is 0 Å². The molecular formula is C17H17ClN6O2S2. The van der Waals surface area contributed by atoms with Crippen molar-refractivity contribution < 1.29 is 8.42 Å². The highest BCUT2D eigenvalue weighted by molar-refractivity contribution is 7.89. The molecule has 8 nitrogen and oxygen atoms in total. The Morgan fingerprint density at radius 2 is 2.14 bits per heavy atom. The maximum absolute atomic E-state index is 12.5. The first-order valence-corrected chi connectivity index (χ1v) is 11.1. The van der Waals surface area contributed by atoms with Gasteiger partial charge in [-0.1, -0.05) is 17.7 Å². The summed E-state index contributed by atoms with van der Waals surface area (Å²) in [4.78, 5) is 14.6. The molecule has 3 aromatic heterocycles. The van der Waals surface area contributed by atoms with Crippen molar-refractivity contribution in [2.75, 3.05) is 12.8 Å². The number of guanidine groups is 1. The Morgan fingerprint density at radius 1 is 1.36 bits per heavy atom. The Hall–Kier alpha value is -2.43. The van der Waals surface area contributed by atoms with Crippen molar-refractivity contribution in [3.8, 4) is 16.4 Å². The van der Waals surface area contributed by atoms with Crippen molar-refractivity contribution in [2.24, 2.45) is 10.7 Å². The number of sulfonamides is 1. The van der Waals surface area contributed by atoms with Gasteiger partial charge in [0.05, 0.1) is 26.2 Å². The Kier molecular flexibility index (Phi) is 4.44. The number of nitrogens with zero attached hydrogens (tertiary/aromatic N) is 5. The summed E-state index contributed by atoms with van der Waals surface area (Å²) in [5, 5.41) is 0.439. The van der Waals surface area contributed by atoms with Crippen LogP contribution in [-0.2, 0) is 15.6 Å². The summed E-state index contributed by atoms with van der Waals surface area (Å²) >= 11 is 7.85. The first-order valence-electron chi connectivity index (χ1n) is 8.27. The zero-order valence-electron chi connectivity index (χ0n) is 15.1. The van der Waals surface area contributed by atoms with Crippen LogP contribution in [0.1, 0.15) is 11.8 Å². The molecule has 11 heteroatoms. The fourth-order valence-electron chi connectivity index (χ4n) is 3.03. The standard InChI is InChI=1S/C17H17ClN6O2S2/c1-17(9-28(25,26)23(2)16(19)22-17)15-11(18)8-13(27-15)12-4-3-5-14(21-12)24-7-6-20-10-24/h3-8,10H,9H2,1-2H3,(H2,19,22). The quantitative estimate of drug-likeness (QED) is 0.678. The average molecular weight is 437 g/mol. The molecular weight excluding hydrogens is 420 g/mol. The molecule has 28 heavy (non-hydrogen) atoms. The van der Waals surface area contributed by atoms with Crippen molar-refractivity contribution >= 4 is 38.9 Å². The normalized spacial score (nSPS) is 21.5. The van der Waals surface area contributed by atoms with Crippen LogP contribution >= 0.6 is 22.9 Å². The van der Waals surface area contributed by atoms with Crippen LogP contribution in [0, 0.1) is 0 Å². The maximum atomic E-state index is 12.5. The van der Waals surface area contributed by atoms with Crippen LogP contribution in [-0.4, -0.2) is 46.0 Å². The van der Waals surface area contributed by atoms with E-state index in [1.54, 1.807) is 36.3 Å². The van der Waals surface area contributed by atoms with Crippen molar-refractivity contribution in [3.05, 3.63) is 52.9 Å². The molecule has 0 saturated carbocycles. The van der Waals surface area contributed by atoms with Gasteiger partial charge in [0, 0.05) is 19.4 Å². The maximum Gasteiger partial charge on any atom is 0.239 e. The summed E-state index contributed by atoms with van der Waals surface area (Å²) in [5.74, 6) is 0.454. The van der Waals surface area contributed by atoms with Gasteiger partial charge in [0.2, 0.25) is 16.0 Å². The first kappa shape index (κ1) is 18.9. The molecule has 1 atom stereocenters. The third-order valence-corrected chi connectivity index (χ3v) is 8.27. The smallest absolute Gasteiger partial charge is 0.239 e. The van der Waals surface area contributed by atoms with Gasteiger partial charge < -0.3 is 5.73 Å². The summed E-state index contributed by atoms with van der Waals surface area (Å²) in [6.07, 6.45) is 5.15. The lowest BCUT2D eigenvalue weighted by Gasteiger charge is -2.33. The third-order valence-electron chi connectivity index (χ3n) is 4.50. The largest absolute Gasteiger partial charge is 0.369 e. The number of rotatable bonds is 3. The summed E-state index contributed by atoms with van der Waals surface area (Å²) < 4.78 is 27.7. The monoisotopic (exact) mass is 436 g/mol. The lowest BCUT2D eigenvalue weighted by atomic mass is 10.0. The highest BCUT2D eigenvalue weighted by atomic mass is 35.5. The number of aliphatic imine (C=N–C) groups is 1. The molecule has 0 aromatic carbocycles. The van der Waals surface area contributed by atoms with Crippen LogP contribution in [0.15, 0.2) is 48.0 Å². The molecule has 1 aliphatic heterocycles. The van der Waals surface area contributed by atoms with Gasteiger partial charge >= 0.3 is 0 Å². The second kappa shape index (κ2) is 6.57. The third kappa shape index (κ3) is 3.17. The number of hydrogen-bond acceptors (Lipinski definition) is 7. The highest BCUT2D eigenvalue weighted by Gasteiger charge is 2.42. The molecule has 3 aromatic rings. The van der Waals surface area contributed by atoms with Crippen LogP contribution in [0.3, 0.4) is 0 Å². The lowest BCUT2D eigenvalue weighted by molar-refractivity contribution is 0.482. The van der Waals surface area contributed by atoms with Crippen molar-refractivity contribution in [1.29, 1.82) is 0 Å². The zero-order valence-corrected chi connectivity index (χ0v) is 17.5. The minimum Gasteiger partial charge on any atom is -0.369 e. The van der Waals surface area contributed by atoms with E-state index in [2.05, 4.69) is 15.0 Å². The number of hydrogen-bond donors (Lipinski definition) is 1. The minimum absolute atomic E-state index is 0.0556. The van der Waals surface area contributed by atoms with E-state index in [-0.39, 0.29) is 11.7 Å². The van der Waals surface area contributed by atoms with E-state index in [1.165, 1.54) is 18.4 Å². The topological polar surface area (TPSA) is 106 Å². The molecule has 4 rings (SSSR count). The fraction of sp³-hybridized carbons (Fsp3) is 0.235. The predicted octanol–water partition coefficient (Wildman–Crippen LogP) is 2.45. The number of thiophene rings is 1. The molecule has 0 spiro atoms. The van der Waals surface area contributed by atoms with Crippen molar-refractivity contribution in [1.82, 2.24) is 18.8 Å². The van der Waals surface area contributed by atoms with Gasteiger partial charge in [-0.2, -0.15) is 0 Å². The summed E-state index contributed by atoms with van der Waals surface area (Å²) in [5.41, 5.74) is 5.51. The molecule has 0 aliphatic carbocycles. The van der Waals surface area contributed by atoms with Crippen LogP contribution < -0.4 is 5.73 Å². The SMILES string of the molecule is CN1C(N)=NC(C)(c2sc(-c3cccc(-n4ccnc4)n3)cc2Cl)CS1(=O)=O. The molecule has 0 bridgehead atoms. The molecule has 146 valence electrons. The second-order valence-electron chi connectivity index (χ2n) is 6.61. The van der Waals surface area contributed by atoms with Gasteiger partial charge in [-0.25, -0.2) is 27.7 Å². The van der Waals surface area contributed by atoms with E-state index in [1.807, 2.05) is 18.2 Å². The molecule has 0 fully saturated rings. The van der Waals surface area contributed by atoms with E-state index in [0.29, 0.717) is 9.90 Å². The second-order valence-corrected chi connectivity index (χ2v) is 10.1. The number of nitrogens with two attached hydrogens (primary N) is 1. The van der Waals surface area contributed by atoms with E-state index in [0.717, 1.165) is 20.7 Å². The molecule has 4 heterocycles. The first-order chi connectivity index (χ1) is 13.2. The Balaban J connectivity index is 1.77. The highest BCUT2D eigenvalue weighted by Crippen LogP contribution is 2.43.